The Bertz CT molecular complexity index is 1340. The molecule has 7 nitrogen and oxygen atoms in total. The second-order valence-electron chi connectivity index (χ2n) is 6.50. The van der Waals surface area contributed by atoms with Gasteiger partial charge < -0.3 is 9.47 Å². The highest BCUT2D eigenvalue weighted by atomic mass is 35.7. The topological polar surface area (TPSA) is 104 Å². The number of ether oxygens (including phenoxy) is 2. The standard InChI is InChI=1S/C16H14ClF5O7S3/c1-9-6-12(14(30(3,24)25)8-11(9)16(23)28-2)29-10-4-5-13(31(17,26)27)15(7-10)32(18,19,20,21)22/h4-8H,1-3H3. The zero-order valence-corrected chi connectivity index (χ0v) is 19.4. The summed E-state index contributed by atoms with van der Waals surface area (Å²) in [6.45, 7) is 1.33. The van der Waals surface area contributed by atoms with Crippen molar-refractivity contribution in [2.24, 2.45) is 0 Å². The molecule has 0 atom stereocenters. The van der Waals surface area contributed by atoms with Crippen molar-refractivity contribution >= 4 is 45.8 Å². The summed E-state index contributed by atoms with van der Waals surface area (Å²) in [6, 6.07) is 2.24. The predicted molar refractivity (Wildman–Crippen MR) is 107 cm³/mol. The molecule has 2 rings (SSSR count). The number of methoxy groups -OCH3 is 1. The molecule has 0 radical (unpaired) electrons. The van der Waals surface area contributed by atoms with Crippen molar-refractivity contribution in [3.05, 3.63) is 41.5 Å². The van der Waals surface area contributed by atoms with Gasteiger partial charge in [0, 0.05) is 23.0 Å². The fourth-order valence-corrected chi connectivity index (χ4v) is 6.00. The number of carbonyl (C=O) groups is 1. The molecule has 0 bridgehead atoms. The second-order valence-corrected chi connectivity index (χ2v) is 13.4. The molecule has 0 aliphatic rings. The van der Waals surface area contributed by atoms with Crippen LogP contribution in [-0.4, -0.2) is 36.2 Å². The molecule has 0 fully saturated rings. The highest BCUT2D eigenvalue weighted by Gasteiger charge is 2.67. The van der Waals surface area contributed by atoms with Crippen LogP contribution in [0.15, 0.2) is 45.0 Å². The molecule has 0 aliphatic carbocycles. The van der Waals surface area contributed by atoms with Crippen LogP contribution >= 0.6 is 20.9 Å². The summed E-state index contributed by atoms with van der Waals surface area (Å²) in [5, 5.41) is 0. The van der Waals surface area contributed by atoms with Crippen molar-refractivity contribution in [1.82, 2.24) is 0 Å². The number of sulfone groups is 1. The number of carbonyl (C=O) groups excluding carboxylic acids is 1. The van der Waals surface area contributed by atoms with Gasteiger partial charge >= 0.3 is 16.2 Å². The van der Waals surface area contributed by atoms with Gasteiger partial charge in [0.2, 0.25) is 0 Å². The smallest absolute Gasteiger partial charge is 0.338 e. The Morgan fingerprint density at radius 3 is 1.97 bits per heavy atom. The van der Waals surface area contributed by atoms with Gasteiger partial charge in [-0.15, -0.1) is 0 Å². The summed E-state index contributed by atoms with van der Waals surface area (Å²) >= 11 is 0. The number of hydrogen-bond donors (Lipinski definition) is 0. The van der Waals surface area contributed by atoms with Crippen molar-refractivity contribution in [3.63, 3.8) is 0 Å². The molecular formula is C16H14ClF5O7S3. The summed E-state index contributed by atoms with van der Waals surface area (Å²) < 4.78 is 124. The number of halogens is 6. The zero-order chi connectivity index (χ0) is 25.0. The van der Waals surface area contributed by atoms with E-state index < -0.39 is 61.3 Å². The maximum atomic E-state index is 13.4. The average Bonchev–Trinajstić information content (AvgIpc) is 2.57. The van der Waals surface area contributed by atoms with E-state index in [-0.39, 0.29) is 23.3 Å². The van der Waals surface area contributed by atoms with Crippen LogP contribution in [0.2, 0.25) is 0 Å². The summed E-state index contributed by atoms with van der Waals surface area (Å²) in [6.07, 6.45) is 0.703. The van der Waals surface area contributed by atoms with Crippen LogP contribution in [0.1, 0.15) is 15.9 Å². The monoisotopic (exact) mass is 544 g/mol. The first-order valence-electron chi connectivity index (χ1n) is 7.98. The van der Waals surface area contributed by atoms with E-state index in [4.69, 9.17) is 15.4 Å². The quantitative estimate of drug-likeness (QED) is 0.266. The van der Waals surface area contributed by atoms with Crippen LogP contribution in [0, 0.1) is 6.92 Å². The van der Waals surface area contributed by atoms with Gasteiger partial charge in [-0.05, 0) is 36.8 Å². The molecular weight excluding hydrogens is 531 g/mol. The third-order valence-electron chi connectivity index (χ3n) is 3.92. The van der Waals surface area contributed by atoms with Crippen molar-refractivity contribution in [2.45, 2.75) is 21.6 Å². The molecule has 0 spiro atoms. The van der Waals surface area contributed by atoms with Crippen molar-refractivity contribution in [2.75, 3.05) is 13.4 Å². The molecule has 2 aromatic carbocycles. The van der Waals surface area contributed by atoms with Gasteiger partial charge in [-0.25, -0.2) is 21.6 Å². The molecule has 0 amide bonds. The van der Waals surface area contributed by atoms with E-state index in [0.717, 1.165) is 19.2 Å². The van der Waals surface area contributed by atoms with Gasteiger partial charge in [-0.2, -0.15) is 0 Å². The minimum atomic E-state index is -10.6. The lowest BCUT2D eigenvalue weighted by atomic mass is 10.1. The van der Waals surface area contributed by atoms with Gasteiger partial charge in [-0.1, -0.05) is 19.4 Å². The second kappa shape index (κ2) is 7.20. The Labute approximate surface area is 184 Å². The highest BCUT2D eigenvalue weighted by molar-refractivity contribution is 8.46. The van der Waals surface area contributed by atoms with E-state index in [1.54, 1.807) is 0 Å². The summed E-state index contributed by atoms with van der Waals surface area (Å²) in [5.41, 5.74) is -0.108. The Balaban J connectivity index is 2.79. The largest absolute Gasteiger partial charge is 0.465 e. The van der Waals surface area contributed by atoms with E-state index >= 15 is 0 Å². The molecule has 0 aliphatic heterocycles. The number of hydrogen-bond acceptors (Lipinski definition) is 7. The lowest BCUT2D eigenvalue weighted by molar-refractivity contribution is 0.0599. The summed E-state index contributed by atoms with van der Waals surface area (Å²) in [7, 11) is -14.1. The van der Waals surface area contributed by atoms with Gasteiger partial charge in [0.15, 0.2) is 9.84 Å². The Kier molecular flexibility index (Phi) is 5.88. The minimum absolute atomic E-state index is 0.0899. The molecule has 180 valence electrons. The summed E-state index contributed by atoms with van der Waals surface area (Å²) in [5.74, 6) is -2.49. The van der Waals surface area contributed by atoms with Gasteiger partial charge in [0.05, 0.1) is 12.7 Å². The van der Waals surface area contributed by atoms with E-state index in [9.17, 15) is 41.1 Å². The number of benzene rings is 2. The van der Waals surface area contributed by atoms with Gasteiger partial charge in [-0.3, -0.25) is 0 Å². The lowest BCUT2D eigenvalue weighted by Gasteiger charge is -2.41. The first-order chi connectivity index (χ1) is 14.0. The average molecular weight is 545 g/mol. The van der Waals surface area contributed by atoms with Crippen molar-refractivity contribution in [1.29, 1.82) is 0 Å². The molecule has 0 aromatic heterocycles. The molecule has 16 heteroatoms. The van der Waals surface area contributed by atoms with E-state index in [2.05, 4.69) is 4.74 Å². The third-order valence-corrected chi connectivity index (χ3v) is 7.71. The van der Waals surface area contributed by atoms with Crippen molar-refractivity contribution < 1.29 is 50.5 Å². The van der Waals surface area contributed by atoms with Gasteiger partial charge in [0.25, 0.3) is 9.05 Å². The molecule has 2 aromatic rings. The normalized spacial score (nSPS) is 14.9. The first-order valence-corrected chi connectivity index (χ1v) is 14.1. The maximum absolute atomic E-state index is 13.4. The van der Waals surface area contributed by atoms with Crippen LogP contribution in [0.25, 0.3) is 0 Å². The fourth-order valence-electron chi connectivity index (χ4n) is 2.54. The number of rotatable bonds is 6. The Hall–Kier alpha value is -2.10. The van der Waals surface area contributed by atoms with Crippen LogP contribution in [0.5, 0.6) is 11.5 Å². The molecule has 32 heavy (non-hydrogen) atoms. The Morgan fingerprint density at radius 1 is 0.969 bits per heavy atom. The molecule has 0 saturated heterocycles. The van der Waals surface area contributed by atoms with Gasteiger partial charge in [0.1, 0.15) is 26.2 Å². The SMILES string of the molecule is COC(=O)c1cc(S(C)(=O)=O)c(Oc2ccc(S(=O)(=O)Cl)c(S(F)(F)(F)(F)F)c2)cc1C. The summed E-state index contributed by atoms with van der Waals surface area (Å²) in [4.78, 5) is 6.42. The zero-order valence-electron chi connectivity index (χ0n) is 16.2. The van der Waals surface area contributed by atoms with E-state index in [0.29, 0.717) is 12.3 Å². The number of esters is 1. The molecule has 0 unspecified atom stereocenters. The van der Waals surface area contributed by atoms with Crippen LogP contribution < -0.4 is 4.74 Å². The third kappa shape index (κ3) is 5.82. The molecule has 0 heterocycles. The highest BCUT2D eigenvalue weighted by Crippen LogP contribution is 3.02. The van der Waals surface area contributed by atoms with E-state index in [1.165, 1.54) is 6.92 Å². The minimum Gasteiger partial charge on any atom is -0.465 e. The van der Waals surface area contributed by atoms with Crippen LogP contribution in [0.4, 0.5) is 19.4 Å². The first kappa shape index (κ1) is 26.2. The lowest BCUT2D eigenvalue weighted by Crippen LogP contribution is -2.11. The van der Waals surface area contributed by atoms with Crippen LogP contribution in [0.3, 0.4) is 0 Å². The molecule has 0 N–H and O–H groups in total. The number of aryl methyl sites for hydroxylation is 1. The fraction of sp³-hybridized carbons (Fsp3) is 0.188. The maximum Gasteiger partial charge on any atom is 0.338 e. The Morgan fingerprint density at radius 2 is 1.53 bits per heavy atom. The predicted octanol–water partition coefficient (Wildman–Crippen LogP) is 5.56. The van der Waals surface area contributed by atoms with E-state index in [1.807, 2.05) is 0 Å². The van der Waals surface area contributed by atoms with Crippen LogP contribution in [-0.2, 0) is 23.6 Å². The van der Waals surface area contributed by atoms with Crippen molar-refractivity contribution in [3.8, 4) is 11.5 Å². The molecule has 0 saturated carbocycles.